The number of benzene rings is 1. The van der Waals surface area contributed by atoms with Gasteiger partial charge in [-0.05, 0) is 18.2 Å². The molecule has 6 nitrogen and oxygen atoms in total. The molecule has 0 saturated carbocycles. The Bertz CT molecular complexity index is 645. The summed E-state index contributed by atoms with van der Waals surface area (Å²) in [5, 5.41) is 8.67. The average molecular weight is 337 g/mol. The largest absolute Gasteiger partial charge is 0.480 e. The van der Waals surface area contributed by atoms with Gasteiger partial charge in [-0.15, -0.1) is 0 Å². The fourth-order valence-electron chi connectivity index (χ4n) is 2.13. The molecule has 1 aliphatic heterocycles. The average Bonchev–Trinajstić information content (AvgIpc) is 2.41. The lowest BCUT2D eigenvalue weighted by Crippen LogP contribution is -2.49. The molecule has 0 aromatic heterocycles. The molecule has 1 aliphatic rings. The second-order valence-corrected chi connectivity index (χ2v) is 6.96. The molecule has 0 bridgehead atoms. The number of sulfonamides is 1. The van der Waals surface area contributed by atoms with Gasteiger partial charge < -0.3 is 5.11 Å². The number of hydrogen-bond donors (Lipinski definition) is 1. The van der Waals surface area contributed by atoms with Crippen molar-refractivity contribution < 1.29 is 22.7 Å². The first-order valence-corrected chi connectivity index (χ1v) is 8.02. The summed E-state index contributed by atoms with van der Waals surface area (Å²) in [4.78, 5) is 12.0. The third kappa shape index (κ3) is 3.70. The standard InChI is InChI=1S/C12H14ClFN2O4S/c13-10-2-1-9(14)7-11(10)21(19,20)16-5-3-15(4-6-16)8-12(17)18/h1-2,7H,3-6,8H2,(H,17,18). The van der Waals surface area contributed by atoms with Crippen LogP contribution in [0.25, 0.3) is 0 Å². The van der Waals surface area contributed by atoms with Crippen molar-refractivity contribution in [2.24, 2.45) is 0 Å². The first kappa shape index (κ1) is 16.2. The van der Waals surface area contributed by atoms with E-state index in [2.05, 4.69) is 0 Å². The molecule has 2 rings (SSSR count). The van der Waals surface area contributed by atoms with Crippen molar-refractivity contribution >= 4 is 27.6 Å². The summed E-state index contributed by atoms with van der Waals surface area (Å²) < 4.78 is 39.3. The lowest BCUT2D eigenvalue weighted by Gasteiger charge is -2.33. The summed E-state index contributed by atoms with van der Waals surface area (Å²) in [6.45, 7) is 0.760. The number of carbonyl (C=O) groups is 1. The van der Waals surface area contributed by atoms with Gasteiger partial charge in [-0.1, -0.05) is 11.6 Å². The van der Waals surface area contributed by atoms with E-state index in [0.29, 0.717) is 13.1 Å². The molecule has 9 heteroatoms. The van der Waals surface area contributed by atoms with Gasteiger partial charge in [-0.2, -0.15) is 4.31 Å². The van der Waals surface area contributed by atoms with Crippen molar-refractivity contribution in [2.75, 3.05) is 32.7 Å². The summed E-state index contributed by atoms with van der Waals surface area (Å²) >= 11 is 5.84. The molecule has 1 fully saturated rings. The van der Waals surface area contributed by atoms with Gasteiger partial charge in [0.05, 0.1) is 11.6 Å². The molecule has 0 atom stereocenters. The highest BCUT2D eigenvalue weighted by Gasteiger charge is 2.30. The van der Waals surface area contributed by atoms with Crippen molar-refractivity contribution in [2.45, 2.75) is 4.90 Å². The fraction of sp³-hybridized carbons (Fsp3) is 0.417. The number of halogens is 2. The highest BCUT2D eigenvalue weighted by Crippen LogP contribution is 2.26. The molecule has 0 radical (unpaired) electrons. The lowest BCUT2D eigenvalue weighted by atomic mass is 10.3. The number of carboxylic acid groups (broad SMARTS) is 1. The highest BCUT2D eigenvalue weighted by molar-refractivity contribution is 7.89. The van der Waals surface area contributed by atoms with Crippen molar-refractivity contribution in [3.8, 4) is 0 Å². The highest BCUT2D eigenvalue weighted by atomic mass is 35.5. The zero-order chi connectivity index (χ0) is 15.6. The Morgan fingerprint density at radius 1 is 1.29 bits per heavy atom. The summed E-state index contributed by atoms with van der Waals surface area (Å²) in [7, 11) is -3.88. The summed E-state index contributed by atoms with van der Waals surface area (Å²) in [5.74, 6) is -1.64. The minimum Gasteiger partial charge on any atom is -0.480 e. The van der Waals surface area contributed by atoms with Gasteiger partial charge in [0.2, 0.25) is 10.0 Å². The van der Waals surface area contributed by atoms with Gasteiger partial charge in [0.25, 0.3) is 0 Å². The van der Waals surface area contributed by atoms with Crippen molar-refractivity contribution in [3.05, 3.63) is 29.0 Å². The second-order valence-electron chi connectivity index (χ2n) is 4.65. The Balaban J connectivity index is 2.15. The van der Waals surface area contributed by atoms with E-state index in [4.69, 9.17) is 16.7 Å². The van der Waals surface area contributed by atoms with Crippen LogP contribution < -0.4 is 0 Å². The van der Waals surface area contributed by atoms with Gasteiger partial charge in [0.15, 0.2) is 0 Å². The molecule has 0 aliphatic carbocycles. The molecule has 1 aromatic rings. The zero-order valence-electron chi connectivity index (χ0n) is 11.0. The lowest BCUT2D eigenvalue weighted by molar-refractivity contribution is -0.138. The molecule has 0 unspecified atom stereocenters. The summed E-state index contributed by atoms with van der Waals surface area (Å²) in [6, 6.07) is 3.18. The van der Waals surface area contributed by atoms with E-state index in [-0.39, 0.29) is 29.6 Å². The van der Waals surface area contributed by atoms with Crippen LogP contribution in [0.5, 0.6) is 0 Å². The third-order valence-electron chi connectivity index (χ3n) is 3.20. The van der Waals surface area contributed by atoms with E-state index in [1.807, 2.05) is 0 Å². The maximum absolute atomic E-state index is 13.2. The normalized spacial score (nSPS) is 17.8. The molecule has 1 heterocycles. The number of carboxylic acids is 1. The summed E-state index contributed by atoms with van der Waals surface area (Å²) in [5.41, 5.74) is 0. The SMILES string of the molecule is O=C(O)CN1CCN(S(=O)(=O)c2cc(F)ccc2Cl)CC1. The Kier molecular flexibility index (Phi) is 4.82. The van der Waals surface area contributed by atoms with Crippen LogP contribution >= 0.6 is 11.6 Å². The molecule has 1 aromatic carbocycles. The molecular weight excluding hydrogens is 323 g/mol. The molecule has 1 saturated heterocycles. The second kappa shape index (κ2) is 6.27. The van der Waals surface area contributed by atoms with Gasteiger partial charge in [-0.3, -0.25) is 9.69 Å². The van der Waals surface area contributed by atoms with E-state index in [1.54, 1.807) is 4.90 Å². The Morgan fingerprint density at radius 2 is 1.90 bits per heavy atom. The van der Waals surface area contributed by atoms with Crippen molar-refractivity contribution in [1.29, 1.82) is 0 Å². The quantitative estimate of drug-likeness (QED) is 0.882. The maximum atomic E-state index is 13.2. The van der Waals surface area contributed by atoms with Crippen LogP contribution in [0.2, 0.25) is 5.02 Å². The van der Waals surface area contributed by atoms with Gasteiger partial charge in [0, 0.05) is 26.2 Å². The number of rotatable bonds is 4. The first-order valence-electron chi connectivity index (χ1n) is 6.20. The molecule has 1 N–H and O–H groups in total. The van der Waals surface area contributed by atoms with E-state index >= 15 is 0 Å². The molecule has 116 valence electrons. The van der Waals surface area contributed by atoms with Crippen LogP contribution in [0, 0.1) is 5.82 Å². The monoisotopic (exact) mass is 336 g/mol. The van der Waals surface area contributed by atoms with E-state index in [9.17, 15) is 17.6 Å². The van der Waals surface area contributed by atoms with Crippen LogP contribution in [0.1, 0.15) is 0 Å². The first-order chi connectivity index (χ1) is 9.80. The van der Waals surface area contributed by atoms with Crippen molar-refractivity contribution in [3.63, 3.8) is 0 Å². The Hall–Kier alpha value is -1.22. The topological polar surface area (TPSA) is 77.9 Å². The number of piperazine rings is 1. The Morgan fingerprint density at radius 3 is 2.48 bits per heavy atom. The number of hydrogen-bond acceptors (Lipinski definition) is 4. The minimum absolute atomic E-state index is 0.0376. The summed E-state index contributed by atoms with van der Waals surface area (Å²) in [6.07, 6.45) is 0. The van der Waals surface area contributed by atoms with E-state index in [1.165, 1.54) is 10.4 Å². The van der Waals surface area contributed by atoms with Crippen LogP contribution in [0.15, 0.2) is 23.1 Å². The van der Waals surface area contributed by atoms with E-state index in [0.717, 1.165) is 12.1 Å². The van der Waals surface area contributed by atoms with Gasteiger partial charge in [0.1, 0.15) is 10.7 Å². The molecular formula is C12H14ClFN2O4S. The van der Waals surface area contributed by atoms with Crippen LogP contribution in [0.4, 0.5) is 4.39 Å². The maximum Gasteiger partial charge on any atom is 0.317 e. The number of aliphatic carboxylic acids is 1. The van der Waals surface area contributed by atoms with Crippen molar-refractivity contribution in [1.82, 2.24) is 9.21 Å². The third-order valence-corrected chi connectivity index (χ3v) is 5.58. The van der Waals surface area contributed by atoms with Crippen LogP contribution in [0.3, 0.4) is 0 Å². The Labute approximate surface area is 126 Å². The number of nitrogens with zero attached hydrogens (tertiary/aromatic N) is 2. The minimum atomic E-state index is -3.88. The van der Waals surface area contributed by atoms with Crippen LogP contribution in [-0.4, -0.2) is 61.4 Å². The van der Waals surface area contributed by atoms with Gasteiger partial charge in [-0.25, -0.2) is 12.8 Å². The fourth-order valence-corrected chi connectivity index (χ4v) is 4.04. The smallest absolute Gasteiger partial charge is 0.317 e. The zero-order valence-corrected chi connectivity index (χ0v) is 12.6. The molecule has 0 amide bonds. The molecule has 21 heavy (non-hydrogen) atoms. The molecule has 0 spiro atoms. The predicted molar refractivity (Wildman–Crippen MR) is 74.2 cm³/mol. The van der Waals surface area contributed by atoms with Gasteiger partial charge >= 0.3 is 5.97 Å². The van der Waals surface area contributed by atoms with Crippen LogP contribution in [-0.2, 0) is 14.8 Å². The van der Waals surface area contributed by atoms with E-state index < -0.39 is 21.8 Å². The predicted octanol–water partition coefficient (Wildman–Crippen LogP) is 0.870.